The summed E-state index contributed by atoms with van der Waals surface area (Å²) in [7, 11) is 0. The Kier molecular flexibility index (Phi) is 19.5. The van der Waals surface area contributed by atoms with Crippen LogP contribution in [0.1, 0.15) is 82.5 Å². The lowest BCUT2D eigenvalue weighted by molar-refractivity contribution is -0.141. The topological polar surface area (TPSA) is 202 Å². The number of fused-ring (bicyclic) bond motifs is 2. The molecule has 77 heavy (non-hydrogen) atoms. The molecule has 3 N–H and O–H groups in total. The molecular formula is C57H46F5N3O9S3-2. The van der Waals surface area contributed by atoms with Gasteiger partial charge in [-0.3, -0.25) is 18.0 Å². The highest BCUT2D eigenvalue weighted by Gasteiger charge is 2.35. The molecule has 1 heterocycles. The van der Waals surface area contributed by atoms with Gasteiger partial charge in [-0.15, -0.1) is 0 Å². The molecule has 0 saturated carbocycles. The van der Waals surface area contributed by atoms with Gasteiger partial charge < -0.3 is 24.0 Å². The van der Waals surface area contributed by atoms with Crippen molar-refractivity contribution in [3.8, 4) is 16.9 Å². The summed E-state index contributed by atoms with van der Waals surface area (Å²) in [6.07, 6.45) is -0.924. The van der Waals surface area contributed by atoms with E-state index in [2.05, 4.69) is 22.4 Å². The van der Waals surface area contributed by atoms with Crippen molar-refractivity contribution in [2.24, 2.45) is 0 Å². The predicted octanol–water partition coefficient (Wildman–Crippen LogP) is 12.7. The van der Waals surface area contributed by atoms with Crippen molar-refractivity contribution in [1.29, 1.82) is 0 Å². The van der Waals surface area contributed by atoms with Gasteiger partial charge in [0.25, 0.3) is 0 Å². The molecule has 0 spiro atoms. The number of carboxylic acids is 2. The van der Waals surface area contributed by atoms with Gasteiger partial charge in [-0.05, 0) is 167 Å². The number of carboxylic acid groups (broad SMARTS) is 2. The van der Waals surface area contributed by atoms with Crippen LogP contribution in [0.2, 0.25) is 0 Å². The maximum atomic E-state index is 13.7. The van der Waals surface area contributed by atoms with Crippen LogP contribution < -0.4 is 4.72 Å². The molecule has 0 aliphatic heterocycles. The predicted molar refractivity (Wildman–Crippen MR) is 288 cm³/mol. The third kappa shape index (κ3) is 15.2. The SMILES string of the molecule is CC1=C(CC(=O)O)c2cc(F)ccc2/C1=C/c1ccc(C)cc1.CC1=C(CC(=O)O)c2cc(F)ccc2/C1=C/c1ccc(CS(=O)[O-])cc1.Cc1ccc(-c2cc(C(F)(F)F)nn2-c2ccc(NS(=O)[O-])cc2)cc1.O=S. The fraction of sp³-hybridized carbons (Fsp3) is 0.140. The van der Waals surface area contributed by atoms with E-state index in [1.54, 1.807) is 60.7 Å². The Labute approximate surface area is 450 Å². The highest BCUT2D eigenvalue weighted by Crippen LogP contribution is 2.45. The van der Waals surface area contributed by atoms with Crippen molar-refractivity contribution in [3.05, 3.63) is 218 Å². The number of benzene rings is 6. The number of halogens is 5. The maximum Gasteiger partial charge on any atom is 0.435 e. The van der Waals surface area contributed by atoms with Crippen LogP contribution in [0.3, 0.4) is 0 Å². The second-order valence-electron chi connectivity index (χ2n) is 17.5. The Morgan fingerprint density at radius 3 is 1.49 bits per heavy atom. The number of aryl methyl sites for hydroxylation is 2. The zero-order chi connectivity index (χ0) is 56.3. The number of nitrogens with zero attached hydrogens (tertiary/aromatic N) is 2. The summed E-state index contributed by atoms with van der Waals surface area (Å²) in [5.41, 5.74) is 13.0. The van der Waals surface area contributed by atoms with Crippen molar-refractivity contribution in [3.63, 3.8) is 0 Å². The largest absolute Gasteiger partial charge is 0.772 e. The molecule has 7 aromatic rings. The summed E-state index contributed by atoms with van der Waals surface area (Å²) in [6.45, 7) is 7.64. The Morgan fingerprint density at radius 2 is 1.08 bits per heavy atom. The van der Waals surface area contributed by atoms with Gasteiger partial charge >= 0.3 is 18.1 Å². The third-order valence-electron chi connectivity index (χ3n) is 12.2. The Bertz CT molecular complexity index is 3500. The molecular weight excluding hydrogens is 1060 g/mol. The van der Waals surface area contributed by atoms with Gasteiger partial charge in [-0.25, -0.2) is 13.5 Å². The van der Waals surface area contributed by atoms with Gasteiger partial charge in [-0.2, -0.15) is 22.5 Å². The average molecular weight is 1110 g/mol. The van der Waals surface area contributed by atoms with E-state index in [1.165, 1.54) is 58.8 Å². The van der Waals surface area contributed by atoms with Crippen LogP contribution in [-0.2, 0) is 56.4 Å². The van der Waals surface area contributed by atoms with Crippen LogP contribution in [0.4, 0.5) is 27.6 Å². The van der Waals surface area contributed by atoms with Gasteiger partial charge in [0.05, 0.1) is 24.2 Å². The quantitative estimate of drug-likeness (QED) is 0.0776. The Hall–Kier alpha value is -7.88. The number of carbonyl (C=O) groups is 2. The fourth-order valence-electron chi connectivity index (χ4n) is 8.52. The van der Waals surface area contributed by atoms with Crippen molar-refractivity contribution < 1.29 is 63.5 Å². The summed E-state index contributed by atoms with van der Waals surface area (Å²) < 4.78 is 121. The highest BCUT2D eigenvalue weighted by atomic mass is 32.2. The maximum absolute atomic E-state index is 13.7. The molecule has 0 amide bonds. The molecule has 0 fully saturated rings. The van der Waals surface area contributed by atoms with E-state index >= 15 is 0 Å². The minimum absolute atomic E-state index is 0.0410. The Balaban J connectivity index is 0.000000184. The number of hydrogen-bond acceptors (Lipinski definition) is 9. The molecule has 1 aromatic heterocycles. The van der Waals surface area contributed by atoms with Gasteiger partial charge in [0.2, 0.25) is 0 Å². The van der Waals surface area contributed by atoms with Crippen LogP contribution >= 0.6 is 0 Å². The minimum Gasteiger partial charge on any atom is -0.772 e. The monoisotopic (exact) mass is 1110 g/mol. The molecule has 9 rings (SSSR count). The zero-order valence-corrected chi connectivity index (χ0v) is 43.8. The van der Waals surface area contributed by atoms with E-state index in [4.69, 9.17) is 14.4 Å². The van der Waals surface area contributed by atoms with Gasteiger partial charge in [0.15, 0.2) is 18.2 Å². The van der Waals surface area contributed by atoms with E-state index in [0.717, 1.165) is 56.2 Å². The van der Waals surface area contributed by atoms with Crippen LogP contribution in [0.5, 0.6) is 0 Å². The van der Waals surface area contributed by atoms with Gasteiger partial charge in [0, 0.05) is 28.3 Å². The Morgan fingerprint density at radius 1 is 0.636 bits per heavy atom. The number of allylic oxidation sites excluding steroid dienone is 4. The summed E-state index contributed by atoms with van der Waals surface area (Å²) in [6, 6.07) is 38.0. The first-order valence-electron chi connectivity index (χ1n) is 23.0. The smallest absolute Gasteiger partial charge is 0.435 e. The second kappa shape index (κ2) is 25.8. The number of anilines is 1. The number of aliphatic carboxylic acids is 2. The molecule has 6 aromatic carbocycles. The van der Waals surface area contributed by atoms with E-state index < -0.39 is 52.0 Å². The highest BCUT2D eigenvalue weighted by molar-refractivity contribution is 7.80. The molecule has 2 aliphatic carbocycles. The summed E-state index contributed by atoms with van der Waals surface area (Å²) in [5.74, 6) is -2.68. The standard InChI is InChI=1S/C20H17FO4S.C20H17FO2.C17H14F3N3O2S.OS/c1-12-17(8-13-2-4-14(5-3-13)11-26(24)25)16-7-6-15(21)9-19(16)18(12)10-20(22)23;1-12-3-5-14(6-4-12)9-17-13(2)18(11-20(22)23)19-10-15(21)7-8-16(17)19;1-11-2-4-12(5-3-11)15-10-16(17(18,19)20)21-23(15)14-8-6-13(7-9-14)22-26(24)25;1-2/h2-9H,10-11H2,1H3,(H,22,23)(H,24,25);3-10H,11H2,1-2H3,(H,22,23);2-10,22H,1H3,(H,24,25);/p-2/b17-8+;17-9+;;. The van der Waals surface area contributed by atoms with E-state index in [9.17, 15) is 49.1 Å². The molecule has 20 heteroatoms. The first-order chi connectivity index (χ1) is 36.5. The molecule has 0 radical (unpaired) electrons. The van der Waals surface area contributed by atoms with Crippen LogP contribution in [0.25, 0.3) is 51.4 Å². The first-order valence-corrected chi connectivity index (χ1v) is 25.7. The van der Waals surface area contributed by atoms with Crippen LogP contribution in [0, 0.1) is 25.5 Å². The van der Waals surface area contributed by atoms with Crippen molar-refractivity contribution in [2.45, 2.75) is 52.5 Å². The van der Waals surface area contributed by atoms with Crippen molar-refractivity contribution in [1.82, 2.24) is 9.78 Å². The fourth-order valence-corrected chi connectivity index (χ4v) is 9.31. The molecule has 398 valence electrons. The number of nitrogens with one attached hydrogen (secondary N) is 1. The summed E-state index contributed by atoms with van der Waals surface area (Å²) in [5, 5.41) is 22.0. The van der Waals surface area contributed by atoms with Crippen molar-refractivity contribution >= 4 is 87.0 Å². The lowest BCUT2D eigenvalue weighted by Gasteiger charge is -2.11. The summed E-state index contributed by atoms with van der Waals surface area (Å²) in [4.78, 5) is 22.3. The van der Waals surface area contributed by atoms with Gasteiger partial charge in [-0.1, -0.05) is 107 Å². The number of hydrogen-bond donors (Lipinski definition) is 3. The van der Waals surface area contributed by atoms with E-state index in [-0.39, 0.29) is 30.1 Å². The molecule has 12 nitrogen and oxygen atoms in total. The normalized spacial score (nSPS) is 14.3. The molecule has 2 atom stereocenters. The zero-order valence-electron chi connectivity index (χ0n) is 41.3. The average Bonchev–Trinajstić information content (AvgIpc) is 4.03. The third-order valence-corrected chi connectivity index (χ3v) is 13.2. The second-order valence-corrected chi connectivity index (χ2v) is 19.1. The van der Waals surface area contributed by atoms with Crippen molar-refractivity contribution in [2.75, 3.05) is 4.72 Å². The summed E-state index contributed by atoms with van der Waals surface area (Å²) >= 11 is -1.79. The molecule has 2 aliphatic rings. The minimum atomic E-state index is -4.58. The number of alkyl halides is 3. The lowest BCUT2D eigenvalue weighted by atomic mass is 10.00. The molecule has 0 saturated heterocycles. The number of rotatable bonds is 12. The van der Waals surface area contributed by atoms with E-state index in [0.29, 0.717) is 44.8 Å². The first kappa shape index (κ1) is 58.4. The van der Waals surface area contributed by atoms with Gasteiger partial charge in [0.1, 0.15) is 11.6 Å². The molecule has 0 bridgehead atoms. The van der Waals surface area contributed by atoms with E-state index in [1.807, 2.05) is 64.1 Å². The molecule has 2 unspecified atom stereocenters. The van der Waals surface area contributed by atoms with Crippen LogP contribution in [0.15, 0.2) is 151 Å². The lowest BCUT2D eigenvalue weighted by Crippen LogP contribution is -2.07. The number of aromatic nitrogens is 2. The van der Waals surface area contributed by atoms with Crippen LogP contribution in [-0.4, -0.2) is 53.7 Å².